The molecule has 0 radical (unpaired) electrons. The van der Waals surface area contributed by atoms with Gasteiger partial charge in [-0.1, -0.05) is 17.7 Å². The van der Waals surface area contributed by atoms with Gasteiger partial charge in [0.25, 0.3) is 0 Å². The van der Waals surface area contributed by atoms with Crippen molar-refractivity contribution in [3.8, 4) is 17.1 Å². The number of ether oxygens (including phenoxy) is 1. The standard InChI is InChI=1S/C21H17ClFN7O3S/c22-14-10-25-19(26-11-14)5-7-34(31,32)29-21-28-27-20-16-8-15(23)3-4-18(16)33-12-17(30(20)21)13-2-1-6-24-9-13/h1-4,6,8-11,17H,5,7,12H2,(H,28,29)/t17-/m1/s1. The molecule has 4 aromatic rings. The Labute approximate surface area is 198 Å². The lowest BCUT2D eigenvalue weighted by Crippen LogP contribution is -2.24. The van der Waals surface area contributed by atoms with Gasteiger partial charge in [-0.25, -0.2) is 22.8 Å². The van der Waals surface area contributed by atoms with E-state index in [-0.39, 0.29) is 30.6 Å². The summed E-state index contributed by atoms with van der Waals surface area (Å²) in [6, 6.07) is 7.13. The molecule has 1 atom stereocenters. The summed E-state index contributed by atoms with van der Waals surface area (Å²) >= 11 is 5.78. The molecule has 1 N–H and O–H groups in total. The Morgan fingerprint density at radius 2 is 2.00 bits per heavy atom. The van der Waals surface area contributed by atoms with Crippen LogP contribution in [0, 0.1) is 5.82 Å². The van der Waals surface area contributed by atoms with Crippen molar-refractivity contribution in [2.75, 3.05) is 17.1 Å². The maximum atomic E-state index is 14.1. The van der Waals surface area contributed by atoms with Gasteiger partial charge in [-0.15, -0.1) is 10.2 Å². The molecule has 0 fully saturated rings. The molecular weight excluding hydrogens is 485 g/mol. The van der Waals surface area contributed by atoms with Gasteiger partial charge < -0.3 is 4.74 Å². The highest BCUT2D eigenvalue weighted by Gasteiger charge is 2.31. The summed E-state index contributed by atoms with van der Waals surface area (Å²) in [5.41, 5.74) is 1.10. The number of anilines is 1. The number of nitrogens with one attached hydrogen (secondary N) is 1. The van der Waals surface area contributed by atoms with Gasteiger partial charge in [0.1, 0.15) is 24.0 Å². The first kappa shape index (κ1) is 22.2. The number of hydrogen-bond donors (Lipinski definition) is 1. The van der Waals surface area contributed by atoms with E-state index in [9.17, 15) is 12.8 Å². The Bertz CT molecular complexity index is 1430. The van der Waals surface area contributed by atoms with Crippen LogP contribution >= 0.6 is 11.6 Å². The monoisotopic (exact) mass is 501 g/mol. The van der Waals surface area contributed by atoms with Crippen LogP contribution in [0.4, 0.5) is 10.3 Å². The van der Waals surface area contributed by atoms with Crippen molar-refractivity contribution in [2.24, 2.45) is 0 Å². The van der Waals surface area contributed by atoms with Crippen molar-refractivity contribution in [1.29, 1.82) is 0 Å². The molecule has 1 aromatic carbocycles. The SMILES string of the molecule is O=S(=O)(CCc1ncc(Cl)cn1)Nc1nnc2n1[C@@H](c1cccnc1)COc1ccc(F)cc1-2. The van der Waals surface area contributed by atoms with Gasteiger partial charge in [-0.2, -0.15) is 0 Å². The predicted octanol–water partition coefficient (Wildman–Crippen LogP) is 2.89. The number of rotatable bonds is 6. The fourth-order valence-electron chi connectivity index (χ4n) is 3.59. The Morgan fingerprint density at radius 1 is 1.18 bits per heavy atom. The lowest BCUT2D eigenvalue weighted by atomic mass is 10.1. The summed E-state index contributed by atoms with van der Waals surface area (Å²) in [6.45, 7) is 0.128. The van der Waals surface area contributed by atoms with Gasteiger partial charge in [-0.05, 0) is 29.8 Å². The van der Waals surface area contributed by atoms with Gasteiger partial charge in [0.05, 0.1) is 22.4 Å². The Morgan fingerprint density at radius 3 is 2.76 bits per heavy atom. The van der Waals surface area contributed by atoms with Crippen molar-refractivity contribution >= 4 is 27.6 Å². The molecule has 4 heterocycles. The minimum absolute atomic E-state index is 0.0263. The number of aromatic nitrogens is 6. The molecule has 13 heteroatoms. The van der Waals surface area contributed by atoms with E-state index in [4.69, 9.17) is 16.3 Å². The van der Waals surface area contributed by atoms with Crippen LogP contribution in [0.25, 0.3) is 11.4 Å². The third-order valence-electron chi connectivity index (χ3n) is 5.17. The van der Waals surface area contributed by atoms with Gasteiger partial charge in [-0.3, -0.25) is 14.3 Å². The number of benzene rings is 1. The van der Waals surface area contributed by atoms with E-state index >= 15 is 0 Å². The van der Waals surface area contributed by atoms with Gasteiger partial charge in [0.15, 0.2) is 5.82 Å². The number of fused-ring (bicyclic) bond motifs is 3. The Balaban J connectivity index is 1.51. The molecule has 174 valence electrons. The van der Waals surface area contributed by atoms with Crippen molar-refractivity contribution in [1.82, 2.24) is 29.7 Å². The fraction of sp³-hybridized carbons (Fsp3) is 0.190. The minimum Gasteiger partial charge on any atom is -0.490 e. The molecule has 0 saturated heterocycles. The maximum Gasteiger partial charge on any atom is 0.239 e. The Kier molecular flexibility index (Phi) is 5.84. The number of halogens is 2. The van der Waals surface area contributed by atoms with E-state index < -0.39 is 21.9 Å². The largest absolute Gasteiger partial charge is 0.490 e. The van der Waals surface area contributed by atoms with Crippen LogP contribution in [0.3, 0.4) is 0 Å². The molecule has 1 aliphatic heterocycles. The van der Waals surface area contributed by atoms with Crippen LogP contribution < -0.4 is 9.46 Å². The highest BCUT2D eigenvalue weighted by atomic mass is 35.5. The number of pyridine rings is 1. The van der Waals surface area contributed by atoms with Crippen LogP contribution in [-0.4, -0.2) is 50.5 Å². The van der Waals surface area contributed by atoms with Crippen LogP contribution in [0.5, 0.6) is 5.75 Å². The minimum atomic E-state index is -3.87. The first-order valence-electron chi connectivity index (χ1n) is 10.1. The smallest absolute Gasteiger partial charge is 0.239 e. The number of aryl methyl sites for hydroxylation is 1. The van der Waals surface area contributed by atoms with Crippen molar-refractivity contribution in [2.45, 2.75) is 12.5 Å². The molecule has 10 nitrogen and oxygen atoms in total. The van der Waals surface area contributed by atoms with E-state index in [1.165, 1.54) is 30.6 Å². The highest BCUT2D eigenvalue weighted by Crippen LogP contribution is 2.38. The molecule has 0 spiro atoms. The molecule has 1 aliphatic rings. The van der Waals surface area contributed by atoms with E-state index in [1.807, 2.05) is 6.07 Å². The van der Waals surface area contributed by atoms with E-state index in [0.717, 1.165) is 5.56 Å². The van der Waals surface area contributed by atoms with Crippen molar-refractivity contribution in [3.05, 3.63) is 77.3 Å². The molecule has 3 aromatic heterocycles. The van der Waals surface area contributed by atoms with E-state index in [1.54, 1.807) is 23.0 Å². The quantitative estimate of drug-likeness (QED) is 0.427. The normalized spacial score (nSPS) is 15.1. The van der Waals surface area contributed by atoms with Crippen LogP contribution in [0.2, 0.25) is 5.02 Å². The second kappa shape index (κ2) is 8.95. The van der Waals surface area contributed by atoms with E-state index in [0.29, 0.717) is 22.2 Å². The average Bonchev–Trinajstić information content (AvgIpc) is 3.15. The summed E-state index contributed by atoms with van der Waals surface area (Å²) in [6.07, 6.45) is 6.14. The van der Waals surface area contributed by atoms with Crippen molar-refractivity contribution < 1.29 is 17.5 Å². The number of sulfonamides is 1. The Hall–Kier alpha value is -3.64. The first-order chi connectivity index (χ1) is 16.4. The first-order valence-corrected chi connectivity index (χ1v) is 12.2. The second-order valence-electron chi connectivity index (χ2n) is 7.46. The summed E-state index contributed by atoms with van der Waals surface area (Å²) < 4.78 is 49.8. The lowest BCUT2D eigenvalue weighted by Gasteiger charge is -2.20. The summed E-state index contributed by atoms with van der Waals surface area (Å²) in [5, 5.41) is 8.60. The van der Waals surface area contributed by atoms with Gasteiger partial charge >= 0.3 is 0 Å². The molecule has 0 aliphatic carbocycles. The zero-order valence-electron chi connectivity index (χ0n) is 17.5. The molecule has 0 unspecified atom stereocenters. The summed E-state index contributed by atoms with van der Waals surface area (Å²) in [5.74, 6) is 0.204. The zero-order chi connectivity index (χ0) is 23.7. The molecule has 0 saturated carbocycles. The lowest BCUT2D eigenvalue weighted by molar-refractivity contribution is 0.280. The number of hydrogen-bond acceptors (Lipinski definition) is 8. The maximum absolute atomic E-state index is 14.1. The number of nitrogens with zero attached hydrogens (tertiary/aromatic N) is 6. The van der Waals surface area contributed by atoms with Crippen LogP contribution in [0.1, 0.15) is 17.4 Å². The third-order valence-corrected chi connectivity index (χ3v) is 6.60. The van der Waals surface area contributed by atoms with E-state index in [2.05, 4.69) is 29.9 Å². The van der Waals surface area contributed by atoms with Gasteiger partial charge in [0, 0.05) is 31.2 Å². The predicted molar refractivity (Wildman–Crippen MR) is 121 cm³/mol. The third kappa shape index (κ3) is 4.54. The average molecular weight is 502 g/mol. The molecule has 0 amide bonds. The summed E-state index contributed by atoms with van der Waals surface area (Å²) in [4.78, 5) is 12.2. The fourth-order valence-corrected chi connectivity index (χ4v) is 4.66. The van der Waals surface area contributed by atoms with Crippen LogP contribution in [-0.2, 0) is 16.4 Å². The molecule has 0 bridgehead atoms. The molecular formula is C21H17ClFN7O3S. The second-order valence-corrected chi connectivity index (χ2v) is 9.74. The molecule has 5 rings (SSSR count). The topological polar surface area (TPSA) is 125 Å². The summed E-state index contributed by atoms with van der Waals surface area (Å²) in [7, 11) is -3.87. The molecule has 34 heavy (non-hydrogen) atoms. The van der Waals surface area contributed by atoms with Gasteiger partial charge in [0.2, 0.25) is 16.0 Å². The van der Waals surface area contributed by atoms with Crippen molar-refractivity contribution in [3.63, 3.8) is 0 Å². The highest BCUT2D eigenvalue weighted by molar-refractivity contribution is 7.92. The van der Waals surface area contributed by atoms with Crippen LogP contribution in [0.15, 0.2) is 55.1 Å². The zero-order valence-corrected chi connectivity index (χ0v) is 19.0.